The Labute approximate surface area is 195 Å². The highest BCUT2D eigenvalue weighted by Crippen LogP contribution is 2.41. The standard InChI is InChI=1S/C29H42F2Si/c1-4-6-7-8-12-17-32(26-13-10-9-11-14-26)18-15-24(16-19-32)25-21-28(30)27(29(31)22-25)20-23(3)5-2/h9-11,13-14,21-24H,4-8,12,15-20H2,1-3H3. The number of benzene rings is 2. The van der Waals surface area contributed by atoms with Crippen LogP contribution in [0.4, 0.5) is 8.78 Å². The molecule has 0 amide bonds. The Balaban J connectivity index is 1.71. The molecule has 3 rings (SSSR count). The Hall–Kier alpha value is -1.48. The van der Waals surface area contributed by atoms with Crippen LogP contribution in [0.3, 0.4) is 0 Å². The van der Waals surface area contributed by atoms with Gasteiger partial charge in [0.25, 0.3) is 0 Å². The van der Waals surface area contributed by atoms with Crippen LogP contribution in [-0.2, 0) is 6.42 Å². The van der Waals surface area contributed by atoms with Crippen molar-refractivity contribution in [3.8, 4) is 0 Å². The molecule has 176 valence electrons. The van der Waals surface area contributed by atoms with Crippen LogP contribution in [0.15, 0.2) is 42.5 Å². The van der Waals surface area contributed by atoms with Crippen LogP contribution in [0, 0.1) is 17.6 Å². The van der Waals surface area contributed by atoms with Gasteiger partial charge in [0.1, 0.15) is 11.6 Å². The lowest BCUT2D eigenvalue weighted by atomic mass is 9.90. The van der Waals surface area contributed by atoms with Crippen molar-refractivity contribution in [3.63, 3.8) is 0 Å². The van der Waals surface area contributed by atoms with Crippen molar-refractivity contribution in [3.05, 3.63) is 65.2 Å². The van der Waals surface area contributed by atoms with Gasteiger partial charge in [-0.05, 0) is 48.8 Å². The zero-order chi connectivity index (χ0) is 23.0. The minimum Gasteiger partial charge on any atom is -0.207 e. The fourth-order valence-corrected chi connectivity index (χ4v) is 10.8. The molecule has 0 bridgehead atoms. The molecule has 1 saturated heterocycles. The van der Waals surface area contributed by atoms with Gasteiger partial charge in [-0.25, -0.2) is 8.78 Å². The van der Waals surface area contributed by atoms with Crippen molar-refractivity contribution in [2.75, 3.05) is 0 Å². The van der Waals surface area contributed by atoms with Gasteiger partial charge in [0.15, 0.2) is 0 Å². The van der Waals surface area contributed by atoms with Gasteiger partial charge in [-0.15, -0.1) is 0 Å². The zero-order valence-electron chi connectivity index (χ0n) is 20.4. The van der Waals surface area contributed by atoms with Crippen molar-refractivity contribution in [2.45, 2.75) is 103 Å². The quantitative estimate of drug-likeness (QED) is 0.234. The first-order valence-electron chi connectivity index (χ1n) is 13.0. The lowest BCUT2D eigenvalue weighted by molar-refractivity contribution is 0.492. The summed E-state index contributed by atoms with van der Waals surface area (Å²) in [6.45, 7) is 6.40. The molecule has 2 aromatic carbocycles. The van der Waals surface area contributed by atoms with E-state index in [1.165, 1.54) is 50.2 Å². The smallest absolute Gasteiger partial charge is 0.129 e. The van der Waals surface area contributed by atoms with Gasteiger partial charge in [0.05, 0.1) is 8.07 Å². The van der Waals surface area contributed by atoms with Crippen molar-refractivity contribution in [2.24, 2.45) is 5.92 Å². The maximum Gasteiger partial charge on any atom is 0.129 e. The molecule has 1 heterocycles. The lowest BCUT2D eigenvalue weighted by Crippen LogP contribution is -2.49. The van der Waals surface area contributed by atoms with Crippen molar-refractivity contribution < 1.29 is 8.78 Å². The van der Waals surface area contributed by atoms with E-state index in [2.05, 4.69) is 51.1 Å². The molecule has 32 heavy (non-hydrogen) atoms. The van der Waals surface area contributed by atoms with Crippen LogP contribution < -0.4 is 5.19 Å². The van der Waals surface area contributed by atoms with E-state index in [4.69, 9.17) is 0 Å². The third-order valence-electron chi connectivity index (χ3n) is 7.97. The van der Waals surface area contributed by atoms with Gasteiger partial charge < -0.3 is 0 Å². The molecule has 0 spiro atoms. The Morgan fingerprint density at radius 1 is 0.906 bits per heavy atom. The van der Waals surface area contributed by atoms with Gasteiger partial charge in [-0.2, -0.15) is 0 Å². The van der Waals surface area contributed by atoms with Crippen LogP contribution in [0.5, 0.6) is 0 Å². The average Bonchev–Trinajstić information content (AvgIpc) is 2.82. The van der Waals surface area contributed by atoms with Crippen LogP contribution in [0.1, 0.15) is 89.2 Å². The molecule has 1 aliphatic heterocycles. The van der Waals surface area contributed by atoms with E-state index in [0.29, 0.717) is 18.3 Å². The molecule has 0 N–H and O–H groups in total. The molecule has 1 atom stereocenters. The average molecular weight is 457 g/mol. The summed E-state index contributed by atoms with van der Waals surface area (Å²) in [5.74, 6) is -0.0860. The summed E-state index contributed by atoms with van der Waals surface area (Å²) in [4.78, 5) is 0. The van der Waals surface area contributed by atoms with E-state index in [0.717, 1.165) is 24.8 Å². The molecule has 0 aliphatic carbocycles. The number of hydrogen-bond acceptors (Lipinski definition) is 0. The summed E-state index contributed by atoms with van der Waals surface area (Å²) < 4.78 is 29.6. The maximum absolute atomic E-state index is 14.8. The first-order chi connectivity index (χ1) is 15.5. The minimum atomic E-state index is -1.55. The first-order valence-corrected chi connectivity index (χ1v) is 15.6. The van der Waals surface area contributed by atoms with Gasteiger partial charge in [0, 0.05) is 5.56 Å². The third-order valence-corrected chi connectivity index (χ3v) is 13.3. The lowest BCUT2D eigenvalue weighted by Gasteiger charge is -2.39. The van der Waals surface area contributed by atoms with Crippen LogP contribution in [0.2, 0.25) is 18.1 Å². The van der Waals surface area contributed by atoms with Gasteiger partial charge in [0.2, 0.25) is 0 Å². The topological polar surface area (TPSA) is 0 Å². The predicted molar refractivity (Wildman–Crippen MR) is 137 cm³/mol. The molecule has 3 heteroatoms. The fourth-order valence-electron chi connectivity index (χ4n) is 5.59. The molecule has 1 unspecified atom stereocenters. The monoisotopic (exact) mass is 456 g/mol. The number of unbranched alkanes of at least 4 members (excludes halogenated alkanes) is 4. The Bertz CT molecular complexity index is 801. The van der Waals surface area contributed by atoms with Crippen LogP contribution in [0.25, 0.3) is 0 Å². The van der Waals surface area contributed by atoms with E-state index in [1.54, 1.807) is 17.3 Å². The fraction of sp³-hybridized carbons (Fsp3) is 0.586. The van der Waals surface area contributed by atoms with Gasteiger partial charge in [-0.1, -0.05) is 113 Å². The summed E-state index contributed by atoms with van der Waals surface area (Å²) in [7, 11) is -1.55. The van der Waals surface area contributed by atoms with Crippen LogP contribution in [-0.4, -0.2) is 8.07 Å². The second-order valence-electron chi connectivity index (χ2n) is 10.3. The van der Waals surface area contributed by atoms with E-state index in [1.807, 2.05) is 0 Å². The van der Waals surface area contributed by atoms with Gasteiger partial charge in [-0.3, -0.25) is 0 Å². The molecule has 1 aliphatic rings. The second-order valence-corrected chi connectivity index (χ2v) is 14.9. The van der Waals surface area contributed by atoms with Crippen LogP contribution >= 0.6 is 0 Å². The number of rotatable bonds is 11. The summed E-state index contributed by atoms with van der Waals surface area (Å²) >= 11 is 0. The summed E-state index contributed by atoms with van der Waals surface area (Å²) in [6, 6.07) is 18.3. The van der Waals surface area contributed by atoms with E-state index in [9.17, 15) is 8.78 Å². The molecular formula is C29H42F2Si. The minimum absolute atomic E-state index is 0.277. The molecule has 0 radical (unpaired) electrons. The zero-order valence-corrected chi connectivity index (χ0v) is 21.4. The molecule has 1 fully saturated rings. The highest BCUT2D eigenvalue weighted by atomic mass is 28.3. The number of halogens is 2. The van der Waals surface area contributed by atoms with E-state index in [-0.39, 0.29) is 17.2 Å². The SMILES string of the molecule is CCCCCCC[Si]1(c2ccccc2)CCC(c2cc(F)c(CC(C)CC)c(F)c2)CC1. The summed E-state index contributed by atoms with van der Waals surface area (Å²) in [5, 5.41) is 1.59. The molecule has 0 nitrogen and oxygen atoms in total. The summed E-state index contributed by atoms with van der Waals surface area (Å²) in [5.41, 5.74) is 1.16. The van der Waals surface area contributed by atoms with Crippen molar-refractivity contribution in [1.29, 1.82) is 0 Å². The molecule has 2 aromatic rings. The Kier molecular flexibility index (Phi) is 9.52. The normalized spacial score (nSPS) is 22.1. The van der Waals surface area contributed by atoms with Gasteiger partial charge >= 0.3 is 0 Å². The highest BCUT2D eigenvalue weighted by molar-refractivity contribution is 6.92. The third kappa shape index (κ3) is 6.31. The maximum atomic E-state index is 14.8. The molecule has 0 aromatic heterocycles. The van der Waals surface area contributed by atoms with Crippen molar-refractivity contribution in [1.82, 2.24) is 0 Å². The molecular weight excluding hydrogens is 414 g/mol. The Morgan fingerprint density at radius 2 is 1.53 bits per heavy atom. The van der Waals surface area contributed by atoms with E-state index >= 15 is 0 Å². The first kappa shape index (κ1) is 25.1. The molecule has 0 saturated carbocycles. The second kappa shape index (κ2) is 12.1. The Morgan fingerprint density at radius 3 is 2.12 bits per heavy atom. The van der Waals surface area contributed by atoms with Crippen molar-refractivity contribution >= 4 is 13.3 Å². The largest absolute Gasteiger partial charge is 0.207 e. The van der Waals surface area contributed by atoms with E-state index < -0.39 is 8.07 Å². The summed E-state index contributed by atoms with van der Waals surface area (Å²) in [6.07, 6.45) is 10.2. The predicted octanol–water partition coefficient (Wildman–Crippen LogP) is 8.76. The number of hydrogen-bond donors (Lipinski definition) is 0. The highest BCUT2D eigenvalue weighted by Gasteiger charge is 2.39.